The fraction of sp³-hybridized carbons (Fsp3) is 0.310. The number of benzene rings is 3. The quantitative estimate of drug-likeness (QED) is 0.350. The van der Waals surface area contributed by atoms with Crippen LogP contribution >= 0.6 is 0 Å². The van der Waals surface area contributed by atoms with E-state index in [9.17, 15) is 31.2 Å². The number of aryl methyl sites for hydroxylation is 1. The molecule has 7 nitrogen and oxygen atoms in total. The van der Waals surface area contributed by atoms with E-state index in [-0.39, 0.29) is 33.8 Å². The number of nitrogens with zero attached hydrogens (tertiary/aromatic N) is 1. The maximum atomic E-state index is 13.6. The van der Waals surface area contributed by atoms with Gasteiger partial charge in [-0.15, -0.1) is 0 Å². The molecular weight excluding hydrogens is 543 g/mol. The zero-order chi connectivity index (χ0) is 28.9. The zero-order valence-electron chi connectivity index (χ0n) is 21.9. The first kappa shape index (κ1) is 29.1. The first-order valence-corrected chi connectivity index (χ1v) is 14.4. The van der Waals surface area contributed by atoms with Gasteiger partial charge in [0.05, 0.1) is 27.4 Å². The first-order chi connectivity index (χ1) is 18.9. The molecule has 4 rings (SSSR count). The molecule has 1 aliphatic rings. The molecule has 212 valence electrons. The minimum atomic E-state index is -4.72. The molecule has 40 heavy (non-hydrogen) atoms. The number of carbonyl (C=O) groups is 2. The summed E-state index contributed by atoms with van der Waals surface area (Å²) in [7, 11) is -4.44. The van der Waals surface area contributed by atoms with Crippen LogP contribution in [0.2, 0.25) is 0 Å². The van der Waals surface area contributed by atoms with Crippen LogP contribution in [0.3, 0.4) is 0 Å². The van der Waals surface area contributed by atoms with Gasteiger partial charge in [-0.1, -0.05) is 55.2 Å². The number of carbonyl (C=O) groups excluding carboxylic acids is 2. The van der Waals surface area contributed by atoms with E-state index in [2.05, 4.69) is 10.6 Å². The Labute approximate surface area is 231 Å². The topological polar surface area (TPSA) is 95.6 Å². The van der Waals surface area contributed by atoms with Crippen molar-refractivity contribution in [3.05, 3.63) is 89.5 Å². The summed E-state index contributed by atoms with van der Waals surface area (Å²) in [5.74, 6) is -1.20. The molecule has 0 radical (unpaired) electrons. The predicted octanol–water partition coefficient (Wildman–Crippen LogP) is 5.91. The number of amides is 2. The molecule has 0 unspecified atom stereocenters. The fourth-order valence-electron chi connectivity index (χ4n) is 4.61. The highest BCUT2D eigenvalue weighted by atomic mass is 32.2. The highest BCUT2D eigenvalue weighted by Gasteiger charge is 2.33. The van der Waals surface area contributed by atoms with Crippen LogP contribution < -0.4 is 14.9 Å². The van der Waals surface area contributed by atoms with Gasteiger partial charge in [-0.3, -0.25) is 13.9 Å². The summed E-state index contributed by atoms with van der Waals surface area (Å²) in [6.07, 6.45) is 0.162. The lowest BCUT2D eigenvalue weighted by Crippen LogP contribution is -2.39. The second-order valence-electron chi connectivity index (χ2n) is 9.77. The molecule has 0 aliphatic heterocycles. The van der Waals surface area contributed by atoms with E-state index in [1.54, 1.807) is 37.3 Å². The molecule has 3 aromatic carbocycles. The van der Waals surface area contributed by atoms with Crippen LogP contribution in [0.5, 0.6) is 0 Å². The average Bonchev–Trinajstić information content (AvgIpc) is 2.92. The van der Waals surface area contributed by atoms with Crippen LogP contribution in [0.15, 0.2) is 77.7 Å². The van der Waals surface area contributed by atoms with Gasteiger partial charge in [-0.05, 0) is 62.2 Å². The third-order valence-corrected chi connectivity index (χ3v) is 8.53. The zero-order valence-corrected chi connectivity index (χ0v) is 22.7. The van der Waals surface area contributed by atoms with Gasteiger partial charge in [0.1, 0.15) is 6.54 Å². The summed E-state index contributed by atoms with van der Waals surface area (Å²) in [4.78, 5) is 26.0. The highest BCUT2D eigenvalue weighted by Crippen LogP contribution is 2.33. The molecule has 0 aromatic heterocycles. The molecule has 2 amide bonds. The summed E-state index contributed by atoms with van der Waals surface area (Å²) < 4.78 is 68.2. The normalized spacial score (nSPS) is 14.4. The second-order valence-corrected chi connectivity index (χ2v) is 11.6. The number of anilines is 2. The molecule has 0 atom stereocenters. The summed E-state index contributed by atoms with van der Waals surface area (Å²) in [5.41, 5.74) is -0.232. The van der Waals surface area contributed by atoms with Gasteiger partial charge in [0.25, 0.3) is 15.9 Å². The van der Waals surface area contributed by atoms with Crippen LogP contribution in [-0.2, 0) is 21.0 Å². The summed E-state index contributed by atoms with van der Waals surface area (Å²) >= 11 is 0. The first-order valence-electron chi connectivity index (χ1n) is 12.9. The van der Waals surface area contributed by atoms with Crippen LogP contribution in [0.4, 0.5) is 24.5 Å². The lowest BCUT2D eigenvalue weighted by molar-refractivity contribution is -0.137. The Balaban J connectivity index is 1.62. The minimum absolute atomic E-state index is 0.0288. The van der Waals surface area contributed by atoms with Gasteiger partial charge in [0.2, 0.25) is 5.91 Å². The van der Waals surface area contributed by atoms with Crippen molar-refractivity contribution in [2.24, 2.45) is 0 Å². The highest BCUT2D eigenvalue weighted by molar-refractivity contribution is 7.92. The minimum Gasteiger partial charge on any atom is -0.349 e. The Kier molecular flexibility index (Phi) is 8.82. The van der Waals surface area contributed by atoms with Crippen LogP contribution in [-0.4, -0.2) is 32.8 Å². The van der Waals surface area contributed by atoms with Crippen LogP contribution in [0.25, 0.3) is 0 Å². The molecule has 1 fully saturated rings. The van der Waals surface area contributed by atoms with Crippen LogP contribution in [0, 0.1) is 6.92 Å². The average molecular weight is 574 g/mol. The number of hydrogen-bond acceptors (Lipinski definition) is 4. The Bertz CT molecular complexity index is 1470. The number of sulfonamides is 1. The lowest BCUT2D eigenvalue weighted by Gasteiger charge is -2.25. The van der Waals surface area contributed by atoms with Gasteiger partial charge >= 0.3 is 6.18 Å². The standard InChI is InChI=1S/C29H30F3N3O4S/c1-20-14-16-24(17-15-20)40(38,39)35(23-11-7-8-21(18-23)29(30,31)32)19-27(36)34-26-13-6-5-12-25(26)28(37)33-22-9-3-2-4-10-22/h5-8,11-18,22H,2-4,9-10,19H2,1H3,(H,33,37)(H,34,36). The van der Waals surface area contributed by atoms with Crippen molar-refractivity contribution in [3.63, 3.8) is 0 Å². The Morgan fingerprint density at radius 3 is 2.27 bits per heavy atom. The molecule has 0 saturated heterocycles. The molecule has 0 heterocycles. The molecule has 0 spiro atoms. The fourth-order valence-corrected chi connectivity index (χ4v) is 6.02. The van der Waals surface area contributed by atoms with Crippen molar-refractivity contribution < 1.29 is 31.2 Å². The number of hydrogen-bond donors (Lipinski definition) is 2. The van der Waals surface area contributed by atoms with Crippen molar-refractivity contribution in [3.8, 4) is 0 Å². The molecule has 11 heteroatoms. The van der Waals surface area contributed by atoms with Crippen molar-refractivity contribution in [1.29, 1.82) is 0 Å². The van der Waals surface area contributed by atoms with E-state index >= 15 is 0 Å². The lowest BCUT2D eigenvalue weighted by atomic mass is 9.95. The number of alkyl halides is 3. The van der Waals surface area contributed by atoms with Crippen molar-refractivity contribution in [1.82, 2.24) is 5.32 Å². The van der Waals surface area contributed by atoms with Crippen LogP contribution in [0.1, 0.15) is 53.6 Å². The molecule has 1 saturated carbocycles. The SMILES string of the molecule is Cc1ccc(S(=O)(=O)N(CC(=O)Nc2ccccc2C(=O)NC2CCCCC2)c2cccc(C(F)(F)F)c2)cc1. The van der Waals surface area contributed by atoms with Gasteiger partial charge in [0.15, 0.2) is 0 Å². The molecule has 2 N–H and O–H groups in total. The van der Waals surface area contributed by atoms with E-state index in [1.165, 1.54) is 24.3 Å². The van der Waals surface area contributed by atoms with Gasteiger partial charge in [-0.2, -0.15) is 13.2 Å². The van der Waals surface area contributed by atoms with Gasteiger partial charge < -0.3 is 10.6 Å². The monoisotopic (exact) mass is 573 g/mol. The van der Waals surface area contributed by atoms with Crippen molar-refractivity contribution >= 4 is 33.2 Å². The number of rotatable bonds is 8. The third kappa shape index (κ3) is 7.01. The summed E-state index contributed by atoms with van der Waals surface area (Å²) in [6.45, 7) is 0.937. The van der Waals surface area contributed by atoms with E-state index in [0.717, 1.165) is 49.8 Å². The van der Waals surface area contributed by atoms with E-state index in [0.29, 0.717) is 10.4 Å². The summed E-state index contributed by atoms with van der Waals surface area (Å²) in [5, 5.41) is 5.56. The summed E-state index contributed by atoms with van der Waals surface area (Å²) in [6, 6.07) is 15.9. The maximum Gasteiger partial charge on any atom is 0.416 e. The largest absolute Gasteiger partial charge is 0.416 e. The van der Waals surface area contributed by atoms with E-state index in [4.69, 9.17) is 0 Å². The number of halogens is 3. The predicted molar refractivity (Wildman–Crippen MR) is 147 cm³/mol. The molecular formula is C29H30F3N3O4S. The maximum absolute atomic E-state index is 13.6. The molecule has 1 aliphatic carbocycles. The number of para-hydroxylation sites is 1. The second kappa shape index (κ2) is 12.1. The molecule has 0 bridgehead atoms. The van der Waals surface area contributed by atoms with Gasteiger partial charge in [-0.25, -0.2) is 8.42 Å². The smallest absolute Gasteiger partial charge is 0.349 e. The van der Waals surface area contributed by atoms with E-state index < -0.39 is 34.2 Å². The molecule has 3 aromatic rings. The Hall–Kier alpha value is -3.86. The Morgan fingerprint density at radius 1 is 0.925 bits per heavy atom. The number of nitrogens with one attached hydrogen (secondary N) is 2. The Morgan fingerprint density at radius 2 is 1.60 bits per heavy atom. The van der Waals surface area contributed by atoms with Crippen molar-refractivity contribution in [2.45, 2.75) is 56.1 Å². The third-order valence-electron chi connectivity index (χ3n) is 6.74. The van der Waals surface area contributed by atoms with Gasteiger partial charge in [0, 0.05) is 6.04 Å². The van der Waals surface area contributed by atoms with E-state index in [1.807, 2.05) is 0 Å². The van der Waals surface area contributed by atoms with Crippen molar-refractivity contribution in [2.75, 3.05) is 16.2 Å².